The SMILES string of the molecule is COCCOCC(=O)N1CCOc2ccc(CN3CCCC3)cc2C1. The highest BCUT2D eigenvalue weighted by Gasteiger charge is 2.21. The van der Waals surface area contributed by atoms with Crippen molar-refractivity contribution in [2.75, 3.05) is 53.2 Å². The van der Waals surface area contributed by atoms with Crippen molar-refractivity contribution in [2.24, 2.45) is 0 Å². The van der Waals surface area contributed by atoms with E-state index >= 15 is 0 Å². The van der Waals surface area contributed by atoms with Crippen molar-refractivity contribution in [1.82, 2.24) is 9.80 Å². The topological polar surface area (TPSA) is 51.2 Å². The number of ether oxygens (including phenoxy) is 3. The Morgan fingerprint density at radius 2 is 2.04 bits per heavy atom. The number of benzene rings is 1. The molecule has 0 unspecified atom stereocenters. The van der Waals surface area contributed by atoms with E-state index in [0.717, 1.165) is 17.9 Å². The molecule has 6 heteroatoms. The number of likely N-dealkylation sites (tertiary alicyclic amines) is 1. The van der Waals surface area contributed by atoms with E-state index in [-0.39, 0.29) is 12.5 Å². The fourth-order valence-corrected chi connectivity index (χ4v) is 3.35. The Morgan fingerprint density at radius 1 is 1.20 bits per heavy atom. The molecule has 0 aromatic heterocycles. The number of methoxy groups -OCH3 is 1. The fourth-order valence-electron chi connectivity index (χ4n) is 3.35. The third-order valence-corrected chi connectivity index (χ3v) is 4.72. The van der Waals surface area contributed by atoms with Gasteiger partial charge in [-0.2, -0.15) is 0 Å². The Hall–Kier alpha value is -1.63. The molecule has 2 heterocycles. The van der Waals surface area contributed by atoms with Crippen molar-refractivity contribution >= 4 is 5.91 Å². The summed E-state index contributed by atoms with van der Waals surface area (Å²) in [5.74, 6) is 0.887. The van der Waals surface area contributed by atoms with Crippen LogP contribution < -0.4 is 4.74 Å². The second-order valence-corrected chi connectivity index (χ2v) is 6.63. The first-order valence-corrected chi connectivity index (χ1v) is 9.07. The highest BCUT2D eigenvalue weighted by molar-refractivity contribution is 5.77. The van der Waals surface area contributed by atoms with Crippen molar-refractivity contribution in [1.29, 1.82) is 0 Å². The maximum absolute atomic E-state index is 12.4. The zero-order valence-electron chi connectivity index (χ0n) is 15.0. The maximum Gasteiger partial charge on any atom is 0.248 e. The van der Waals surface area contributed by atoms with E-state index in [9.17, 15) is 4.79 Å². The molecular weight excluding hydrogens is 320 g/mol. The second-order valence-electron chi connectivity index (χ2n) is 6.63. The van der Waals surface area contributed by atoms with Crippen LogP contribution in [0.25, 0.3) is 0 Å². The molecule has 1 saturated heterocycles. The predicted molar refractivity (Wildman–Crippen MR) is 94.6 cm³/mol. The first-order chi connectivity index (χ1) is 12.3. The number of amides is 1. The first kappa shape index (κ1) is 18.2. The molecule has 25 heavy (non-hydrogen) atoms. The van der Waals surface area contributed by atoms with Crippen LogP contribution in [0.15, 0.2) is 18.2 Å². The molecule has 0 N–H and O–H groups in total. The van der Waals surface area contributed by atoms with Crippen LogP contribution in [0.1, 0.15) is 24.0 Å². The Kier molecular flexibility index (Phi) is 6.67. The quantitative estimate of drug-likeness (QED) is 0.702. The normalized spacial score (nSPS) is 17.9. The predicted octanol–water partition coefficient (Wildman–Crippen LogP) is 1.67. The molecule has 1 amide bonds. The Balaban J connectivity index is 1.60. The number of nitrogens with zero attached hydrogens (tertiary/aromatic N) is 2. The van der Waals surface area contributed by atoms with Crippen LogP contribution in [0.3, 0.4) is 0 Å². The van der Waals surface area contributed by atoms with E-state index in [4.69, 9.17) is 14.2 Å². The number of hydrogen-bond acceptors (Lipinski definition) is 5. The van der Waals surface area contributed by atoms with Crippen LogP contribution in [0.2, 0.25) is 0 Å². The number of carbonyl (C=O) groups is 1. The average molecular weight is 348 g/mol. The summed E-state index contributed by atoms with van der Waals surface area (Å²) in [5, 5.41) is 0. The second kappa shape index (κ2) is 9.17. The molecule has 1 fully saturated rings. The summed E-state index contributed by atoms with van der Waals surface area (Å²) < 4.78 is 16.1. The molecule has 2 aliphatic heterocycles. The molecule has 3 rings (SSSR count). The summed E-state index contributed by atoms with van der Waals surface area (Å²) in [6.07, 6.45) is 2.58. The van der Waals surface area contributed by atoms with Crippen molar-refractivity contribution in [2.45, 2.75) is 25.9 Å². The van der Waals surface area contributed by atoms with Gasteiger partial charge in [-0.25, -0.2) is 0 Å². The number of rotatable bonds is 7. The Labute approximate surface area is 149 Å². The van der Waals surface area contributed by atoms with Crippen LogP contribution >= 0.6 is 0 Å². The molecule has 0 radical (unpaired) electrons. The molecule has 0 aliphatic carbocycles. The fraction of sp³-hybridized carbons (Fsp3) is 0.632. The molecule has 0 atom stereocenters. The van der Waals surface area contributed by atoms with Crippen molar-refractivity contribution < 1.29 is 19.0 Å². The Bertz CT molecular complexity index is 573. The van der Waals surface area contributed by atoms with Crippen LogP contribution in [-0.2, 0) is 27.4 Å². The van der Waals surface area contributed by atoms with Crippen molar-refractivity contribution in [3.05, 3.63) is 29.3 Å². The van der Waals surface area contributed by atoms with E-state index in [0.29, 0.717) is 32.9 Å². The largest absolute Gasteiger partial charge is 0.491 e. The summed E-state index contributed by atoms with van der Waals surface area (Å²) >= 11 is 0. The summed E-state index contributed by atoms with van der Waals surface area (Å²) in [5.41, 5.74) is 2.37. The number of carbonyl (C=O) groups excluding carboxylic acids is 1. The molecule has 138 valence electrons. The summed E-state index contributed by atoms with van der Waals surface area (Å²) in [6, 6.07) is 6.37. The van der Waals surface area contributed by atoms with Gasteiger partial charge in [-0.1, -0.05) is 6.07 Å². The van der Waals surface area contributed by atoms with Crippen molar-refractivity contribution in [3.63, 3.8) is 0 Å². The monoisotopic (exact) mass is 348 g/mol. The van der Waals surface area contributed by atoms with Gasteiger partial charge in [-0.05, 0) is 43.6 Å². The summed E-state index contributed by atoms with van der Waals surface area (Å²) in [7, 11) is 1.62. The van der Waals surface area contributed by atoms with Gasteiger partial charge in [0.25, 0.3) is 0 Å². The molecule has 0 spiro atoms. The molecule has 1 aromatic carbocycles. The van der Waals surface area contributed by atoms with Gasteiger partial charge in [-0.3, -0.25) is 9.69 Å². The van der Waals surface area contributed by atoms with E-state index in [2.05, 4.69) is 17.0 Å². The van der Waals surface area contributed by atoms with E-state index in [1.165, 1.54) is 31.5 Å². The first-order valence-electron chi connectivity index (χ1n) is 9.07. The lowest BCUT2D eigenvalue weighted by Gasteiger charge is -2.20. The molecule has 1 aromatic rings. The zero-order valence-corrected chi connectivity index (χ0v) is 15.0. The lowest BCUT2D eigenvalue weighted by atomic mass is 10.1. The number of hydrogen-bond donors (Lipinski definition) is 0. The van der Waals surface area contributed by atoms with Gasteiger partial charge in [0.05, 0.1) is 19.8 Å². The molecule has 6 nitrogen and oxygen atoms in total. The Morgan fingerprint density at radius 3 is 2.84 bits per heavy atom. The lowest BCUT2D eigenvalue weighted by Crippen LogP contribution is -2.35. The average Bonchev–Trinajstić information content (AvgIpc) is 3.03. The molecule has 0 bridgehead atoms. The van der Waals surface area contributed by atoms with Crippen molar-refractivity contribution in [3.8, 4) is 5.75 Å². The molecule has 2 aliphatic rings. The number of fused-ring (bicyclic) bond motifs is 1. The van der Waals surface area contributed by atoms with Gasteiger partial charge in [-0.15, -0.1) is 0 Å². The smallest absolute Gasteiger partial charge is 0.248 e. The molecular formula is C19H28N2O4. The van der Waals surface area contributed by atoms with E-state index in [1.807, 2.05) is 11.0 Å². The minimum atomic E-state index is -0.00232. The third-order valence-electron chi connectivity index (χ3n) is 4.72. The van der Waals surface area contributed by atoms with Gasteiger partial charge in [0.15, 0.2) is 0 Å². The van der Waals surface area contributed by atoms with Gasteiger partial charge in [0.2, 0.25) is 5.91 Å². The van der Waals surface area contributed by atoms with Crippen LogP contribution in [-0.4, -0.2) is 68.9 Å². The van der Waals surface area contributed by atoms with Crippen LogP contribution in [0.5, 0.6) is 5.75 Å². The summed E-state index contributed by atoms with van der Waals surface area (Å²) in [6.45, 7) is 6.03. The highest BCUT2D eigenvalue weighted by Crippen LogP contribution is 2.25. The van der Waals surface area contributed by atoms with Crippen LogP contribution in [0.4, 0.5) is 0 Å². The van der Waals surface area contributed by atoms with Gasteiger partial charge in [0, 0.05) is 25.8 Å². The van der Waals surface area contributed by atoms with Crippen LogP contribution in [0, 0.1) is 0 Å². The minimum absolute atomic E-state index is 0.00232. The van der Waals surface area contributed by atoms with E-state index < -0.39 is 0 Å². The standard InChI is InChI=1S/C19H28N2O4/c1-23-10-11-24-15-19(22)21-8-9-25-18-5-4-16(12-17(18)14-21)13-20-6-2-3-7-20/h4-5,12H,2-3,6-11,13-15H2,1H3. The minimum Gasteiger partial charge on any atom is -0.491 e. The van der Waals surface area contributed by atoms with Gasteiger partial charge in [0.1, 0.15) is 19.0 Å². The third kappa shape index (κ3) is 5.17. The summed E-state index contributed by atoms with van der Waals surface area (Å²) in [4.78, 5) is 16.7. The van der Waals surface area contributed by atoms with E-state index in [1.54, 1.807) is 7.11 Å². The maximum atomic E-state index is 12.4. The molecule has 0 saturated carbocycles. The zero-order chi connectivity index (χ0) is 17.5. The lowest BCUT2D eigenvalue weighted by molar-refractivity contribution is -0.137. The van der Waals surface area contributed by atoms with Gasteiger partial charge < -0.3 is 19.1 Å². The van der Waals surface area contributed by atoms with Gasteiger partial charge >= 0.3 is 0 Å². The highest BCUT2D eigenvalue weighted by atomic mass is 16.5.